The fourth-order valence-electron chi connectivity index (χ4n) is 2.75. The van der Waals surface area contributed by atoms with Crippen LogP contribution >= 0.6 is 11.3 Å². The molecule has 120 valence electrons. The summed E-state index contributed by atoms with van der Waals surface area (Å²) in [7, 11) is 0. The first-order valence-electron chi connectivity index (χ1n) is 8.28. The number of hydrogen-bond acceptors (Lipinski definition) is 4. The Balaban J connectivity index is 1.97. The van der Waals surface area contributed by atoms with Crippen molar-refractivity contribution >= 4 is 11.3 Å². The molecular formula is C17H31N3S. The number of nitrogens with one attached hydrogen (secondary N) is 1. The van der Waals surface area contributed by atoms with Crippen LogP contribution in [0, 0.1) is 0 Å². The molecule has 1 atom stereocenters. The van der Waals surface area contributed by atoms with Crippen LogP contribution in [0.4, 0.5) is 0 Å². The van der Waals surface area contributed by atoms with E-state index in [1.165, 1.54) is 36.5 Å². The lowest BCUT2D eigenvalue weighted by atomic mass is 9.98. The second kappa shape index (κ2) is 7.21. The van der Waals surface area contributed by atoms with Gasteiger partial charge in [-0.3, -0.25) is 4.90 Å². The van der Waals surface area contributed by atoms with Crippen LogP contribution in [0.1, 0.15) is 64.6 Å². The molecular weight excluding hydrogens is 278 g/mol. The summed E-state index contributed by atoms with van der Waals surface area (Å²) in [5.74, 6) is 0. The van der Waals surface area contributed by atoms with E-state index < -0.39 is 0 Å². The van der Waals surface area contributed by atoms with Gasteiger partial charge in [-0.1, -0.05) is 27.2 Å². The highest BCUT2D eigenvalue weighted by Crippen LogP contribution is 2.26. The molecule has 0 amide bonds. The number of nitrogens with zero attached hydrogens (tertiary/aromatic N) is 2. The third-order valence-corrected chi connectivity index (χ3v) is 5.47. The molecule has 0 radical (unpaired) electrons. The van der Waals surface area contributed by atoms with Gasteiger partial charge in [0.25, 0.3) is 0 Å². The molecule has 3 nitrogen and oxygen atoms in total. The summed E-state index contributed by atoms with van der Waals surface area (Å²) in [5, 5.41) is 7.15. The summed E-state index contributed by atoms with van der Waals surface area (Å²) < 4.78 is 0. The summed E-state index contributed by atoms with van der Waals surface area (Å²) in [6.45, 7) is 14.6. The SMILES string of the molecule is CC(C)N(Cc1csc(C(C)(C)C)n1)CC1CCCCN1. The van der Waals surface area contributed by atoms with Gasteiger partial charge in [0, 0.05) is 36.0 Å². The number of rotatable bonds is 5. The Morgan fingerprint density at radius 1 is 1.38 bits per heavy atom. The topological polar surface area (TPSA) is 28.2 Å². The third kappa shape index (κ3) is 5.04. The van der Waals surface area contributed by atoms with Crippen LogP contribution in [0.5, 0.6) is 0 Å². The van der Waals surface area contributed by atoms with Crippen LogP contribution in [0.15, 0.2) is 5.38 Å². The Labute approximate surface area is 134 Å². The molecule has 1 aliphatic rings. The number of thiazole rings is 1. The van der Waals surface area contributed by atoms with Gasteiger partial charge in [0.05, 0.1) is 10.7 Å². The predicted molar refractivity (Wildman–Crippen MR) is 92.0 cm³/mol. The minimum Gasteiger partial charge on any atom is -0.313 e. The van der Waals surface area contributed by atoms with E-state index in [4.69, 9.17) is 4.98 Å². The van der Waals surface area contributed by atoms with Crippen LogP contribution < -0.4 is 5.32 Å². The van der Waals surface area contributed by atoms with Gasteiger partial charge in [0.1, 0.15) is 0 Å². The smallest absolute Gasteiger partial charge is 0.0982 e. The molecule has 0 aromatic carbocycles. The van der Waals surface area contributed by atoms with E-state index in [0.717, 1.165) is 13.1 Å². The second-order valence-corrected chi connectivity index (χ2v) is 8.42. The zero-order chi connectivity index (χ0) is 15.5. The minimum atomic E-state index is 0.163. The molecule has 1 aromatic rings. The standard InChI is InChI=1S/C17H31N3S/c1-13(2)20(10-14-8-6-7-9-18-14)11-15-12-21-16(19-15)17(3,4)5/h12-14,18H,6-11H2,1-5H3. The van der Waals surface area contributed by atoms with Crippen molar-refractivity contribution in [3.05, 3.63) is 16.1 Å². The van der Waals surface area contributed by atoms with Crippen molar-refractivity contribution < 1.29 is 0 Å². The summed E-state index contributed by atoms with van der Waals surface area (Å²) in [4.78, 5) is 7.41. The number of piperidine rings is 1. The summed E-state index contributed by atoms with van der Waals surface area (Å²) >= 11 is 1.80. The minimum absolute atomic E-state index is 0.163. The van der Waals surface area contributed by atoms with E-state index in [-0.39, 0.29) is 5.41 Å². The van der Waals surface area contributed by atoms with Crippen LogP contribution in [-0.2, 0) is 12.0 Å². The van der Waals surface area contributed by atoms with E-state index in [9.17, 15) is 0 Å². The Morgan fingerprint density at radius 3 is 2.67 bits per heavy atom. The fourth-order valence-corrected chi connectivity index (χ4v) is 3.65. The molecule has 2 rings (SSSR count). The molecule has 1 fully saturated rings. The highest BCUT2D eigenvalue weighted by molar-refractivity contribution is 7.09. The average molecular weight is 310 g/mol. The number of hydrogen-bond donors (Lipinski definition) is 1. The molecule has 21 heavy (non-hydrogen) atoms. The molecule has 2 heterocycles. The van der Waals surface area contributed by atoms with Crippen molar-refractivity contribution in [2.75, 3.05) is 13.1 Å². The van der Waals surface area contributed by atoms with Crippen molar-refractivity contribution in [2.45, 2.75) is 77.9 Å². The van der Waals surface area contributed by atoms with Crippen molar-refractivity contribution in [2.24, 2.45) is 0 Å². The Morgan fingerprint density at radius 2 is 2.14 bits per heavy atom. The molecule has 1 unspecified atom stereocenters. The molecule has 0 saturated carbocycles. The largest absolute Gasteiger partial charge is 0.313 e. The Bertz CT molecular complexity index is 427. The lowest BCUT2D eigenvalue weighted by Crippen LogP contribution is -2.45. The number of aromatic nitrogens is 1. The zero-order valence-corrected chi connectivity index (χ0v) is 15.1. The molecule has 1 aliphatic heterocycles. The zero-order valence-electron chi connectivity index (χ0n) is 14.3. The highest BCUT2D eigenvalue weighted by Gasteiger charge is 2.22. The van der Waals surface area contributed by atoms with Gasteiger partial charge in [-0.25, -0.2) is 4.98 Å². The van der Waals surface area contributed by atoms with Crippen LogP contribution in [-0.4, -0.2) is 35.1 Å². The maximum Gasteiger partial charge on any atom is 0.0982 e. The molecule has 0 aliphatic carbocycles. The van der Waals surface area contributed by atoms with Gasteiger partial charge in [-0.05, 0) is 33.2 Å². The lowest BCUT2D eigenvalue weighted by Gasteiger charge is -2.32. The van der Waals surface area contributed by atoms with E-state index in [1.807, 2.05) is 0 Å². The van der Waals surface area contributed by atoms with Crippen molar-refractivity contribution in [3.8, 4) is 0 Å². The van der Waals surface area contributed by atoms with E-state index in [0.29, 0.717) is 12.1 Å². The van der Waals surface area contributed by atoms with Crippen LogP contribution in [0.2, 0.25) is 0 Å². The fraction of sp³-hybridized carbons (Fsp3) is 0.824. The van der Waals surface area contributed by atoms with Gasteiger partial charge in [0.2, 0.25) is 0 Å². The van der Waals surface area contributed by atoms with Crippen LogP contribution in [0.3, 0.4) is 0 Å². The molecule has 1 N–H and O–H groups in total. The van der Waals surface area contributed by atoms with Gasteiger partial charge in [0.15, 0.2) is 0 Å². The van der Waals surface area contributed by atoms with E-state index in [1.54, 1.807) is 11.3 Å². The lowest BCUT2D eigenvalue weighted by molar-refractivity contribution is 0.175. The first-order valence-corrected chi connectivity index (χ1v) is 9.16. The molecule has 1 saturated heterocycles. The van der Waals surface area contributed by atoms with Gasteiger partial charge >= 0.3 is 0 Å². The van der Waals surface area contributed by atoms with Gasteiger partial charge in [-0.15, -0.1) is 11.3 Å². The monoisotopic (exact) mass is 309 g/mol. The predicted octanol–water partition coefficient (Wildman–Crippen LogP) is 3.79. The highest BCUT2D eigenvalue weighted by atomic mass is 32.1. The first-order chi connectivity index (χ1) is 9.86. The van der Waals surface area contributed by atoms with Crippen LogP contribution in [0.25, 0.3) is 0 Å². The van der Waals surface area contributed by atoms with Crippen molar-refractivity contribution in [3.63, 3.8) is 0 Å². The maximum absolute atomic E-state index is 4.85. The maximum atomic E-state index is 4.85. The summed E-state index contributed by atoms with van der Waals surface area (Å²) in [6, 6.07) is 1.22. The third-order valence-electron chi connectivity index (χ3n) is 4.16. The van der Waals surface area contributed by atoms with E-state index >= 15 is 0 Å². The van der Waals surface area contributed by atoms with E-state index in [2.05, 4.69) is 50.2 Å². The molecule has 4 heteroatoms. The van der Waals surface area contributed by atoms with Gasteiger partial charge in [-0.2, -0.15) is 0 Å². The average Bonchev–Trinajstić information content (AvgIpc) is 2.87. The Hall–Kier alpha value is -0.450. The second-order valence-electron chi connectivity index (χ2n) is 7.56. The summed E-state index contributed by atoms with van der Waals surface area (Å²) in [6.07, 6.45) is 4.02. The normalized spacial score (nSPS) is 20.4. The molecule has 0 bridgehead atoms. The first kappa shape index (κ1) is 16.9. The van der Waals surface area contributed by atoms with Gasteiger partial charge < -0.3 is 5.32 Å². The quantitative estimate of drug-likeness (QED) is 0.897. The Kier molecular flexibility index (Phi) is 5.81. The van der Waals surface area contributed by atoms with Crippen molar-refractivity contribution in [1.29, 1.82) is 0 Å². The molecule has 0 spiro atoms. The van der Waals surface area contributed by atoms with Crippen molar-refractivity contribution in [1.82, 2.24) is 15.2 Å². The molecule has 1 aromatic heterocycles. The summed E-state index contributed by atoms with van der Waals surface area (Å²) in [5.41, 5.74) is 1.39.